The van der Waals surface area contributed by atoms with Crippen molar-refractivity contribution in [2.24, 2.45) is 5.92 Å². The van der Waals surface area contributed by atoms with Crippen LogP contribution in [0.2, 0.25) is 0 Å². The Morgan fingerprint density at radius 2 is 2.13 bits per heavy atom. The van der Waals surface area contributed by atoms with Crippen molar-refractivity contribution >= 4 is 11.9 Å². The van der Waals surface area contributed by atoms with Gasteiger partial charge in [0.1, 0.15) is 5.60 Å². The molecule has 2 rings (SSSR count). The van der Waals surface area contributed by atoms with E-state index in [-0.39, 0.29) is 24.3 Å². The Morgan fingerprint density at radius 1 is 1.39 bits per heavy atom. The molecular weight excluding hydrogens is 294 g/mol. The van der Waals surface area contributed by atoms with Crippen molar-refractivity contribution in [3.05, 3.63) is 24.2 Å². The molecule has 1 aromatic heterocycles. The van der Waals surface area contributed by atoms with Crippen molar-refractivity contribution in [1.82, 2.24) is 4.90 Å². The van der Waals surface area contributed by atoms with Gasteiger partial charge in [0.2, 0.25) is 0 Å². The molecule has 1 saturated heterocycles. The molecule has 2 atom stereocenters. The number of hydrogen-bond acceptors (Lipinski definition) is 4. The minimum Gasteiger partial charge on any atom is -0.461 e. The zero-order chi connectivity index (χ0) is 17.0. The monoisotopic (exact) mass is 321 g/mol. The highest BCUT2D eigenvalue weighted by atomic mass is 16.6. The summed E-state index contributed by atoms with van der Waals surface area (Å²) in [5.41, 5.74) is -0.533. The molecule has 5 nitrogen and oxygen atoms in total. The first-order valence-electron chi connectivity index (χ1n) is 8.36. The van der Waals surface area contributed by atoms with Crippen LogP contribution in [0.4, 0.5) is 4.79 Å². The average Bonchev–Trinajstić information content (AvgIpc) is 2.99. The first-order valence-corrected chi connectivity index (χ1v) is 8.36. The normalized spacial score (nSPS) is 22.0. The lowest BCUT2D eigenvalue weighted by Crippen LogP contribution is -2.48. The van der Waals surface area contributed by atoms with Crippen LogP contribution in [0.1, 0.15) is 63.9 Å². The highest BCUT2D eigenvalue weighted by molar-refractivity contribution is 5.94. The second-order valence-corrected chi connectivity index (χ2v) is 7.23. The van der Waals surface area contributed by atoms with E-state index >= 15 is 0 Å². The van der Waals surface area contributed by atoms with Crippen molar-refractivity contribution in [1.29, 1.82) is 0 Å². The van der Waals surface area contributed by atoms with E-state index in [2.05, 4.69) is 6.92 Å². The van der Waals surface area contributed by atoms with Gasteiger partial charge < -0.3 is 14.1 Å². The number of carbonyl (C=O) groups excluding carboxylic acids is 2. The van der Waals surface area contributed by atoms with Gasteiger partial charge in [-0.25, -0.2) is 4.79 Å². The molecule has 2 heterocycles. The van der Waals surface area contributed by atoms with E-state index in [4.69, 9.17) is 9.15 Å². The van der Waals surface area contributed by atoms with E-state index in [0.29, 0.717) is 18.2 Å². The van der Waals surface area contributed by atoms with Crippen molar-refractivity contribution in [3.8, 4) is 0 Å². The molecule has 0 radical (unpaired) electrons. The minimum atomic E-state index is -0.533. The molecule has 0 saturated carbocycles. The van der Waals surface area contributed by atoms with Crippen LogP contribution in [-0.4, -0.2) is 35.0 Å². The summed E-state index contributed by atoms with van der Waals surface area (Å²) >= 11 is 0. The fourth-order valence-corrected chi connectivity index (χ4v) is 3.01. The third-order valence-corrected chi connectivity index (χ3v) is 4.25. The summed E-state index contributed by atoms with van der Waals surface area (Å²) in [6.45, 7) is 8.36. The number of ketones is 1. The lowest BCUT2D eigenvalue weighted by molar-refractivity contribution is 0.00385. The van der Waals surface area contributed by atoms with Crippen LogP contribution < -0.4 is 0 Å². The van der Waals surface area contributed by atoms with Crippen LogP contribution in [0, 0.1) is 5.92 Å². The zero-order valence-corrected chi connectivity index (χ0v) is 14.5. The molecule has 0 aromatic carbocycles. The van der Waals surface area contributed by atoms with Gasteiger partial charge in [-0.3, -0.25) is 4.79 Å². The number of furan rings is 1. The maximum Gasteiger partial charge on any atom is 0.410 e. The van der Waals surface area contributed by atoms with E-state index in [9.17, 15) is 9.59 Å². The molecule has 1 fully saturated rings. The Balaban J connectivity index is 2.08. The SMILES string of the molecule is CCC1CCN(C(=O)OC(C)(C)C)C(CC(=O)c2ccco2)C1. The van der Waals surface area contributed by atoms with Crippen LogP contribution in [-0.2, 0) is 4.74 Å². The molecule has 5 heteroatoms. The molecule has 0 aliphatic carbocycles. The number of rotatable bonds is 4. The molecule has 128 valence electrons. The van der Waals surface area contributed by atoms with Gasteiger partial charge in [0.15, 0.2) is 11.5 Å². The lowest BCUT2D eigenvalue weighted by atomic mass is 9.87. The highest BCUT2D eigenvalue weighted by Crippen LogP contribution is 2.29. The largest absolute Gasteiger partial charge is 0.461 e. The van der Waals surface area contributed by atoms with Gasteiger partial charge in [-0.05, 0) is 51.7 Å². The quantitative estimate of drug-likeness (QED) is 0.777. The summed E-state index contributed by atoms with van der Waals surface area (Å²) < 4.78 is 10.7. The van der Waals surface area contributed by atoms with Crippen molar-refractivity contribution in [2.75, 3.05) is 6.54 Å². The van der Waals surface area contributed by atoms with E-state index < -0.39 is 5.60 Å². The maximum atomic E-state index is 12.5. The number of ether oxygens (including phenoxy) is 1. The number of hydrogen-bond donors (Lipinski definition) is 0. The minimum absolute atomic E-state index is 0.0645. The summed E-state index contributed by atoms with van der Waals surface area (Å²) in [6.07, 6.45) is 4.30. The molecule has 1 aromatic rings. The van der Waals surface area contributed by atoms with Crippen molar-refractivity contribution in [2.45, 2.75) is 65.0 Å². The molecule has 23 heavy (non-hydrogen) atoms. The molecule has 0 N–H and O–H groups in total. The topological polar surface area (TPSA) is 59.8 Å². The molecule has 2 unspecified atom stereocenters. The number of nitrogens with zero attached hydrogens (tertiary/aromatic N) is 1. The summed E-state index contributed by atoms with van der Waals surface area (Å²) in [4.78, 5) is 26.5. The van der Waals surface area contributed by atoms with Gasteiger partial charge in [-0.1, -0.05) is 13.3 Å². The fraction of sp³-hybridized carbons (Fsp3) is 0.667. The second kappa shape index (κ2) is 7.20. The smallest absolute Gasteiger partial charge is 0.410 e. The summed E-state index contributed by atoms with van der Waals surface area (Å²) in [5, 5.41) is 0. The summed E-state index contributed by atoms with van der Waals surface area (Å²) in [6, 6.07) is 3.25. The summed E-state index contributed by atoms with van der Waals surface area (Å²) in [7, 11) is 0. The molecule has 1 amide bonds. The number of piperidine rings is 1. The Morgan fingerprint density at radius 3 is 2.70 bits per heavy atom. The lowest BCUT2D eigenvalue weighted by Gasteiger charge is -2.39. The van der Waals surface area contributed by atoms with E-state index in [1.54, 1.807) is 17.0 Å². The Kier molecular flexibility index (Phi) is 5.50. The van der Waals surface area contributed by atoms with Gasteiger partial charge in [-0.15, -0.1) is 0 Å². The van der Waals surface area contributed by atoms with Gasteiger partial charge >= 0.3 is 6.09 Å². The number of carbonyl (C=O) groups is 2. The van der Waals surface area contributed by atoms with Crippen molar-refractivity contribution in [3.63, 3.8) is 0 Å². The number of likely N-dealkylation sites (tertiary alicyclic amines) is 1. The van der Waals surface area contributed by atoms with Crippen LogP contribution in [0.25, 0.3) is 0 Å². The molecule has 1 aliphatic heterocycles. The Hall–Kier alpha value is -1.78. The fourth-order valence-electron chi connectivity index (χ4n) is 3.01. The van der Waals surface area contributed by atoms with Gasteiger partial charge in [0, 0.05) is 19.0 Å². The third-order valence-electron chi connectivity index (χ3n) is 4.25. The number of Topliss-reactive ketones (excluding diaryl/α,β-unsaturated/α-hetero) is 1. The second-order valence-electron chi connectivity index (χ2n) is 7.23. The van der Waals surface area contributed by atoms with Gasteiger partial charge in [0.05, 0.1) is 6.26 Å². The predicted octanol–water partition coefficient (Wildman–Crippen LogP) is 4.28. The Labute approximate surface area is 138 Å². The third kappa shape index (κ3) is 4.85. The van der Waals surface area contributed by atoms with Crippen LogP contribution in [0.5, 0.6) is 0 Å². The van der Waals surface area contributed by atoms with Crippen LogP contribution in [0.3, 0.4) is 0 Å². The standard InChI is InChI=1S/C18H27NO4/c1-5-13-8-9-19(17(21)23-18(2,3)4)14(11-13)12-15(20)16-7-6-10-22-16/h6-7,10,13-14H,5,8-9,11-12H2,1-4H3. The zero-order valence-electron chi connectivity index (χ0n) is 14.5. The van der Waals surface area contributed by atoms with Crippen LogP contribution >= 0.6 is 0 Å². The molecule has 1 aliphatic rings. The molecule has 0 spiro atoms. The predicted molar refractivity (Wildman–Crippen MR) is 87.4 cm³/mol. The van der Waals surface area contributed by atoms with Crippen molar-refractivity contribution < 1.29 is 18.7 Å². The number of amides is 1. The van der Waals surface area contributed by atoms with Crippen LogP contribution in [0.15, 0.2) is 22.8 Å². The van der Waals surface area contributed by atoms with E-state index in [1.165, 1.54) is 6.26 Å². The highest BCUT2D eigenvalue weighted by Gasteiger charge is 2.35. The molecular formula is C18H27NO4. The Bertz CT molecular complexity index is 530. The molecule has 0 bridgehead atoms. The first-order chi connectivity index (χ1) is 10.8. The first kappa shape index (κ1) is 17.6. The van der Waals surface area contributed by atoms with E-state index in [1.807, 2.05) is 20.8 Å². The maximum absolute atomic E-state index is 12.5. The van der Waals surface area contributed by atoms with Gasteiger partial charge in [-0.2, -0.15) is 0 Å². The van der Waals surface area contributed by atoms with E-state index in [0.717, 1.165) is 19.3 Å². The summed E-state index contributed by atoms with van der Waals surface area (Å²) in [5.74, 6) is 0.834. The van der Waals surface area contributed by atoms with Gasteiger partial charge in [0.25, 0.3) is 0 Å². The average molecular weight is 321 g/mol.